The lowest BCUT2D eigenvalue weighted by Gasteiger charge is -2.07. The van der Waals surface area contributed by atoms with E-state index in [9.17, 15) is 14.5 Å². The van der Waals surface area contributed by atoms with Crippen molar-refractivity contribution in [2.45, 2.75) is 6.42 Å². The number of nitro groups is 1. The van der Waals surface area contributed by atoms with Gasteiger partial charge >= 0.3 is 0 Å². The fourth-order valence-electron chi connectivity index (χ4n) is 1.75. The predicted molar refractivity (Wildman–Crippen MR) is 76.7 cm³/mol. The third-order valence-corrected chi connectivity index (χ3v) is 3.06. The van der Waals surface area contributed by atoms with Crippen LogP contribution in [0.15, 0.2) is 42.5 Å². The summed E-state index contributed by atoms with van der Waals surface area (Å²) in [7, 11) is 0. The number of nitrogens with one attached hydrogen (secondary N) is 1. The summed E-state index contributed by atoms with van der Waals surface area (Å²) in [6.45, 7) is 0.524. The first-order chi connectivity index (χ1) is 9.56. The van der Waals surface area contributed by atoms with Gasteiger partial charge in [0.05, 0.1) is 16.7 Å². The van der Waals surface area contributed by atoms with Crippen molar-refractivity contribution in [1.82, 2.24) is 0 Å². The van der Waals surface area contributed by atoms with E-state index in [1.807, 2.05) is 12.1 Å². The predicted octanol–water partition coefficient (Wildman–Crippen LogP) is 4.04. The quantitative estimate of drug-likeness (QED) is 0.669. The first-order valence-corrected chi connectivity index (χ1v) is 6.36. The molecule has 20 heavy (non-hydrogen) atoms. The molecule has 2 rings (SSSR count). The second-order valence-electron chi connectivity index (χ2n) is 4.22. The second kappa shape index (κ2) is 6.34. The molecule has 0 fully saturated rings. The minimum Gasteiger partial charge on any atom is -0.382 e. The first-order valence-electron chi connectivity index (χ1n) is 5.98. The molecule has 0 heterocycles. The highest BCUT2D eigenvalue weighted by molar-refractivity contribution is 6.30. The van der Waals surface area contributed by atoms with Crippen molar-refractivity contribution >= 4 is 23.0 Å². The molecule has 1 N–H and O–H groups in total. The number of benzene rings is 2. The average Bonchev–Trinajstić information content (AvgIpc) is 2.42. The third kappa shape index (κ3) is 3.68. The molecule has 0 saturated carbocycles. The molecule has 4 nitrogen and oxygen atoms in total. The van der Waals surface area contributed by atoms with Gasteiger partial charge in [-0.1, -0.05) is 23.7 Å². The van der Waals surface area contributed by atoms with Crippen LogP contribution in [0.2, 0.25) is 5.02 Å². The largest absolute Gasteiger partial charge is 0.382 e. The highest BCUT2D eigenvalue weighted by Gasteiger charge is 2.10. The highest BCUT2D eigenvalue weighted by atomic mass is 35.5. The number of nitrogens with zero attached hydrogens (tertiary/aromatic N) is 1. The van der Waals surface area contributed by atoms with Crippen molar-refractivity contribution < 1.29 is 9.31 Å². The third-order valence-electron chi connectivity index (χ3n) is 2.81. The van der Waals surface area contributed by atoms with E-state index in [4.69, 9.17) is 11.6 Å². The summed E-state index contributed by atoms with van der Waals surface area (Å²) in [6, 6.07) is 10.9. The Balaban J connectivity index is 1.94. The Kier molecular flexibility index (Phi) is 4.53. The van der Waals surface area contributed by atoms with E-state index < -0.39 is 10.7 Å². The number of anilines is 1. The minimum atomic E-state index is -0.629. The van der Waals surface area contributed by atoms with E-state index in [0.717, 1.165) is 11.6 Å². The summed E-state index contributed by atoms with van der Waals surface area (Å²) in [4.78, 5) is 9.87. The Bertz CT molecular complexity index is 617. The molecule has 2 aromatic rings. The summed E-state index contributed by atoms with van der Waals surface area (Å²) in [6.07, 6.45) is 0.702. The van der Waals surface area contributed by atoms with Crippen LogP contribution in [0, 0.1) is 15.9 Å². The van der Waals surface area contributed by atoms with Crippen molar-refractivity contribution in [3.05, 3.63) is 69.0 Å². The summed E-state index contributed by atoms with van der Waals surface area (Å²) in [5.74, 6) is -0.629. The highest BCUT2D eigenvalue weighted by Crippen LogP contribution is 2.20. The number of nitro benzene ring substituents is 1. The van der Waals surface area contributed by atoms with E-state index in [1.165, 1.54) is 12.1 Å². The summed E-state index contributed by atoms with van der Waals surface area (Å²) in [5.41, 5.74) is 1.07. The van der Waals surface area contributed by atoms with Gasteiger partial charge in [0, 0.05) is 17.6 Å². The average molecular weight is 295 g/mol. The molecule has 0 atom stereocenters. The van der Waals surface area contributed by atoms with Crippen LogP contribution in [0.5, 0.6) is 0 Å². The van der Waals surface area contributed by atoms with Crippen molar-refractivity contribution in [3.8, 4) is 0 Å². The Morgan fingerprint density at radius 2 is 1.90 bits per heavy atom. The van der Waals surface area contributed by atoms with Gasteiger partial charge in [-0.25, -0.2) is 4.39 Å². The molecule has 0 spiro atoms. The lowest BCUT2D eigenvalue weighted by Crippen LogP contribution is -2.06. The van der Waals surface area contributed by atoms with Gasteiger partial charge in [0.1, 0.15) is 0 Å². The Labute approximate surface area is 120 Å². The fourth-order valence-corrected chi connectivity index (χ4v) is 1.88. The van der Waals surface area contributed by atoms with Gasteiger partial charge in [-0.3, -0.25) is 10.1 Å². The van der Waals surface area contributed by atoms with Gasteiger partial charge < -0.3 is 5.32 Å². The van der Waals surface area contributed by atoms with Crippen LogP contribution in [0.25, 0.3) is 0 Å². The van der Waals surface area contributed by atoms with Gasteiger partial charge in [-0.2, -0.15) is 0 Å². The number of rotatable bonds is 5. The maximum atomic E-state index is 13.6. The van der Waals surface area contributed by atoms with Crippen LogP contribution in [0.4, 0.5) is 15.8 Å². The van der Waals surface area contributed by atoms with Crippen molar-refractivity contribution in [2.24, 2.45) is 0 Å². The van der Waals surface area contributed by atoms with E-state index in [0.29, 0.717) is 18.0 Å². The second-order valence-corrected chi connectivity index (χ2v) is 4.66. The van der Waals surface area contributed by atoms with Gasteiger partial charge in [0.2, 0.25) is 0 Å². The van der Waals surface area contributed by atoms with Crippen molar-refractivity contribution in [1.29, 1.82) is 0 Å². The van der Waals surface area contributed by atoms with Crippen LogP contribution in [-0.2, 0) is 6.42 Å². The molecule has 0 amide bonds. The molecule has 104 valence electrons. The van der Waals surface area contributed by atoms with E-state index >= 15 is 0 Å². The van der Waals surface area contributed by atoms with Crippen molar-refractivity contribution in [2.75, 3.05) is 11.9 Å². The Morgan fingerprint density at radius 3 is 2.50 bits per heavy atom. The van der Waals surface area contributed by atoms with Crippen LogP contribution in [0.1, 0.15) is 5.56 Å². The summed E-state index contributed by atoms with van der Waals surface area (Å²) < 4.78 is 13.6. The molecule has 2 aromatic carbocycles. The van der Waals surface area contributed by atoms with Crippen LogP contribution in [0.3, 0.4) is 0 Å². The monoisotopic (exact) mass is 294 g/mol. The molecule has 0 bridgehead atoms. The molecular weight excluding hydrogens is 283 g/mol. The number of hydrogen-bond donors (Lipinski definition) is 1. The maximum Gasteiger partial charge on any atom is 0.272 e. The normalized spacial score (nSPS) is 10.3. The molecule has 0 saturated heterocycles. The minimum absolute atomic E-state index is 0.254. The molecule has 0 unspecified atom stereocenters. The lowest BCUT2D eigenvalue weighted by molar-refractivity contribution is -0.385. The number of non-ortho nitro benzene ring substituents is 1. The topological polar surface area (TPSA) is 55.2 Å². The van der Waals surface area contributed by atoms with Crippen LogP contribution in [-0.4, -0.2) is 11.5 Å². The smallest absolute Gasteiger partial charge is 0.272 e. The van der Waals surface area contributed by atoms with Crippen molar-refractivity contribution in [3.63, 3.8) is 0 Å². The van der Waals surface area contributed by atoms with Gasteiger partial charge in [-0.05, 0) is 30.2 Å². The molecular formula is C14H12ClFN2O2. The number of hydrogen-bond acceptors (Lipinski definition) is 3. The SMILES string of the molecule is O=[N+]([O-])c1ccc(NCCc2ccc(Cl)cc2)c(F)c1. The fraction of sp³-hybridized carbons (Fsp3) is 0.143. The van der Waals surface area contributed by atoms with Gasteiger partial charge in [0.15, 0.2) is 5.82 Å². The lowest BCUT2D eigenvalue weighted by atomic mass is 10.1. The Hall–Kier alpha value is -2.14. The van der Waals surface area contributed by atoms with E-state index in [-0.39, 0.29) is 11.4 Å². The zero-order valence-electron chi connectivity index (χ0n) is 10.5. The van der Waals surface area contributed by atoms with Crippen LogP contribution >= 0.6 is 11.6 Å². The molecule has 0 aliphatic rings. The summed E-state index contributed by atoms with van der Waals surface area (Å²) in [5, 5.41) is 14.1. The van der Waals surface area contributed by atoms with E-state index in [2.05, 4.69) is 5.32 Å². The molecule has 0 radical (unpaired) electrons. The molecule has 0 aliphatic heterocycles. The zero-order valence-corrected chi connectivity index (χ0v) is 11.2. The Morgan fingerprint density at radius 1 is 1.20 bits per heavy atom. The maximum absolute atomic E-state index is 13.6. The number of halogens is 2. The standard InChI is InChI=1S/C14H12ClFN2O2/c15-11-3-1-10(2-4-11)7-8-17-14-6-5-12(18(19)20)9-13(14)16/h1-6,9,17H,7-8H2. The molecule has 0 aromatic heterocycles. The summed E-state index contributed by atoms with van der Waals surface area (Å²) >= 11 is 5.78. The van der Waals surface area contributed by atoms with Crippen LogP contribution < -0.4 is 5.32 Å². The molecule has 0 aliphatic carbocycles. The zero-order chi connectivity index (χ0) is 14.5. The van der Waals surface area contributed by atoms with E-state index in [1.54, 1.807) is 12.1 Å². The first kappa shape index (κ1) is 14.3. The molecule has 6 heteroatoms. The van der Waals surface area contributed by atoms with Gasteiger partial charge in [-0.15, -0.1) is 0 Å². The van der Waals surface area contributed by atoms with Gasteiger partial charge in [0.25, 0.3) is 5.69 Å².